The zero-order valence-electron chi connectivity index (χ0n) is 29.8. The average Bonchev–Trinajstić information content (AvgIpc) is 3.26. The van der Waals surface area contributed by atoms with Gasteiger partial charge in [0.15, 0.2) is 0 Å². The standard InChI is InChI=1S/2C12H10ClGe.2C12H10Ge/c2*13-14(11-7-3-1-4-8-11)12-9-5-2-6-10-12;2*1-3-7-11(8-4-1)13-12-9-5-2-6-10-12/h2*1-10H;2*1-10H. The Bertz CT molecular complexity index is 1800. The van der Waals surface area contributed by atoms with Crippen LogP contribution in [-0.2, 0) is 0 Å². The second kappa shape index (κ2) is 24.8. The van der Waals surface area contributed by atoms with Crippen molar-refractivity contribution in [2.75, 3.05) is 0 Å². The number of hydrogen-bond donors (Lipinski definition) is 0. The van der Waals surface area contributed by atoms with Crippen LogP contribution < -0.4 is 35.2 Å². The molecule has 6 radical (unpaired) electrons. The van der Waals surface area contributed by atoms with E-state index in [0.29, 0.717) is 0 Å². The molecule has 0 N–H and O–H groups in total. The molecular formula is C48H40Cl2Ge4. The van der Waals surface area contributed by atoms with Crippen molar-refractivity contribution in [3.8, 4) is 0 Å². The van der Waals surface area contributed by atoms with Crippen molar-refractivity contribution in [2.24, 2.45) is 0 Å². The summed E-state index contributed by atoms with van der Waals surface area (Å²) in [6.07, 6.45) is 0. The van der Waals surface area contributed by atoms with Gasteiger partial charge in [0, 0.05) is 0 Å². The SMILES string of the molecule is [Cl][Ge]([c]1ccccc1)[c]1ccccc1.[Cl][Ge]([c]1ccccc1)[c]1ccccc1.c1cc[c]([Ge][c]2ccccc2)cc1.c1cc[c]([Ge][c]2ccccc2)cc1. The van der Waals surface area contributed by atoms with Crippen LogP contribution in [0.25, 0.3) is 0 Å². The summed E-state index contributed by atoms with van der Waals surface area (Å²) in [5, 5.41) is 0. The Morgan fingerprint density at radius 1 is 0.222 bits per heavy atom. The summed E-state index contributed by atoms with van der Waals surface area (Å²) in [6, 6.07) is 84.4. The molecule has 0 amide bonds. The first-order valence-corrected chi connectivity index (χ1v) is 31.6. The Morgan fingerprint density at radius 3 is 0.537 bits per heavy atom. The fourth-order valence-electron chi connectivity index (χ4n) is 5.09. The molecule has 8 rings (SSSR count). The Balaban J connectivity index is 0.000000139. The van der Waals surface area contributed by atoms with Crippen LogP contribution in [-0.4, -0.2) is 57.7 Å². The first-order valence-electron chi connectivity index (χ1n) is 17.7. The molecule has 0 nitrogen and oxygen atoms in total. The van der Waals surface area contributed by atoms with Gasteiger partial charge in [-0.15, -0.1) is 0 Å². The van der Waals surface area contributed by atoms with Crippen LogP contribution in [0.3, 0.4) is 0 Å². The van der Waals surface area contributed by atoms with Gasteiger partial charge in [0.25, 0.3) is 0 Å². The molecule has 0 aromatic heterocycles. The van der Waals surface area contributed by atoms with E-state index in [-0.39, 0.29) is 30.9 Å². The minimum atomic E-state index is -1.73. The molecule has 262 valence electrons. The zero-order valence-corrected chi connectivity index (χ0v) is 39.8. The molecule has 54 heavy (non-hydrogen) atoms. The van der Waals surface area contributed by atoms with E-state index in [0.717, 1.165) is 0 Å². The molecular weight excluding hydrogens is 938 g/mol. The summed E-state index contributed by atoms with van der Waals surface area (Å²) >= 11 is -3.67. The molecule has 0 unspecified atom stereocenters. The van der Waals surface area contributed by atoms with Crippen LogP contribution in [0.15, 0.2) is 243 Å². The Kier molecular flexibility index (Phi) is 19.2. The molecule has 0 aliphatic carbocycles. The molecule has 8 aromatic rings. The van der Waals surface area contributed by atoms with E-state index in [2.05, 4.69) is 170 Å². The van der Waals surface area contributed by atoms with E-state index in [9.17, 15) is 0 Å². The van der Waals surface area contributed by atoms with Gasteiger partial charge in [-0.05, 0) is 0 Å². The summed E-state index contributed by atoms with van der Waals surface area (Å²) in [7, 11) is 13.0. The first-order chi connectivity index (χ1) is 26.7. The topological polar surface area (TPSA) is 0 Å². The normalized spacial score (nSPS) is 10.1. The third-order valence-corrected chi connectivity index (χ3v) is 24.6. The molecule has 6 heteroatoms. The van der Waals surface area contributed by atoms with Gasteiger partial charge in [0.05, 0.1) is 0 Å². The van der Waals surface area contributed by atoms with Gasteiger partial charge in [-0.3, -0.25) is 0 Å². The van der Waals surface area contributed by atoms with Crippen molar-refractivity contribution in [2.45, 2.75) is 0 Å². The predicted octanol–water partition coefficient (Wildman–Crippen LogP) is 6.75. The van der Waals surface area contributed by atoms with Crippen LogP contribution in [0.1, 0.15) is 0 Å². The maximum absolute atomic E-state index is 6.50. The van der Waals surface area contributed by atoms with E-state index in [1.54, 1.807) is 0 Å². The number of rotatable bonds is 8. The Hall–Kier alpha value is -3.49. The maximum atomic E-state index is 6.50. The van der Waals surface area contributed by atoms with Gasteiger partial charge in [-0.25, -0.2) is 0 Å². The van der Waals surface area contributed by atoms with Crippen LogP contribution in [0.5, 0.6) is 0 Å². The van der Waals surface area contributed by atoms with E-state index in [1.807, 2.05) is 72.8 Å². The minimum absolute atomic E-state index is 0.108. The van der Waals surface area contributed by atoms with E-state index in [4.69, 9.17) is 20.0 Å². The van der Waals surface area contributed by atoms with Gasteiger partial charge in [0.2, 0.25) is 0 Å². The average molecular weight is 978 g/mol. The van der Waals surface area contributed by atoms with Crippen LogP contribution in [0.2, 0.25) is 0 Å². The van der Waals surface area contributed by atoms with Crippen molar-refractivity contribution in [3.05, 3.63) is 243 Å². The first kappa shape index (κ1) is 41.7. The number of benzene rings is 8. The van der Waals surface area contributed by atoms with Crippen molar-refractivity contribution in [3.63, 3.8) is 0 Å². The van der Waals surface area contributed by atoms with Crippen molar-refractivity contribution < 1.29 is 0 Å². The Morgan fingerprint density at radius 2 is 0.370 bits per heavy atom. The molecule has 0 spiro atoms. The Labute approximate surface area is 352 Å². The molecule has 0 heterocycles. The summed E-state index contributed by atoms with van der Waals surface area (Å²) in [5.74, 6) is 0. The predicted molar refractivity (Wildman–Crippen MR) is 243 cm³/mol. The second-order valence-electron chi connectivity index (χ2n) is 11.8. The van der Waals surface area contributed by atoms with E-state index < -0.39 is 26.8 Å². The third-order valence-electron chi connectivity index (χ3n) is 7.78. The van der Waals surface area contributed by atoms with Gasteiger partial charge in [-0.2, -0.15) is 0 Å². The van der Waals surface area contributed by atoms with Gasteiger partial charge >= 0.3 is 356 Å². The quantitative estimate of drug-likeness (QED) is 0.148. The fraction of sp³-hybridized carbons (Fsp3) is 0. The molecule has 0 bridgehead atoms. The monoisotopic (exact) mass is 982 g/mol. The number of halogens is 2. The number of hydrogen-bond acceptors (Lipinski definition) is 0. The van der Waals surface area contributed by atoms with Crippen LogP contribution >= 0.6 is 20.0 Å². The van der Waals surface area contributed by atoms with Crippen LogP contribution in [0, 0.1) is 0 Å². The molecule has 0 fully saturated rings. The molecule has 0 atom stereocenters. The summed E-state index contributed by atoms with van der Waals surface area (Å²) in [4.78, 5) is 0. The van der Waals surface area contributed by atoms with E-state index >= 15 is 0 Å². The summed E-state index contributed by atoms with van der Waals surface area (Å²) < 4.78 is 11.2. The molecule has 0 saturated heterocycles. The van der Waals surface area contributed by atoms with Gasteiger partial charge in [-0.1, -0.05) is 0 Å². The molecule has 8 aromatic carbocycles. The van der Waals surface area contributed by atoms with Crippen molar-refractivity contribution in [1.82, 2.24) is 0 Å². The molecule has 0 aliphatic rings. The van der Waals surface area contributed by atoms with Crippen molar-refractivity contribution >= 4 is 113 Å². The van der Waals surface area contributed by atoms with E-state index in [1.165, 1.54) is 35.2 Å². The van der Waals surface area contributed by atoms with Crippen molar-refractivity contribution in [1.29, 1.82) is 0 Å². The molecule has 0 aliphatic heterocycles. The van der Waals surface area contributed by atoms with Gasteiger partial charge < -0.3 is 0 Å². The third kappa shape index (κ3) is 15.3. The summed E-state index contributed by atoms with van der Waals surface area (Å²) in [5.41, 5.74) is 0. The fourth-order valence-corrected chi connectivity index (χ4v) is 17.6. The molecule has 0 saturated carbocycles. The second-order valence-corrected chi connectivity index (χ2v) is 29.1. The summed E-state index contributed by atoms with van der Waals surface area (Å²) in [6.45, 7) is 0. The van der Waals surface area contributed by atoms with Crippen LogP contribution in [0.4, 0.5) is 0 Å². The van der Waals surface area contributed by atoms with Gasteiger partial charge in [0.1, 0.15) is 0 Å². The zero-order chi connectivity index (χ0) is 37.5.